The Bertz CT molecular complexity index is 1420. The van der Waals surface area contributed by atoms with Crippen LogP contribution in [-0.2, 0) is 25.7 Å². The van der Waals surface area contributed by atoms with Gasteiger partial charge in [0.05, 0.1) is 20.3 Å². The third-order valence-electron chi connectivity index (χ3n) is 6.43. The van der Waals surface area contributed by atoms with E-state index in [1.807, 2.05) is 28.8 Å². The van der Waals surface area contributed by atoms with E-state index in [1.165, 1.54) is 0 Å². The fraction of sp³-hybridized carbons (Fsp3) is 0.259. The van der Waals surface area contributed by atoms with Gasteiger partial charge in [-0.1, -0.05) is 18.2 Å². The van der Waals surface area contributed by atoms with Crippen LogP contribution in [0.4, 0.5) is 10.5 Å². The van der Waals surface area contributed by atoms with Crippen molar-refractivity contribution >= 4 is 46.4 Å². The van der Waals surface area contributed by atoms with Crippen LogP contribution in [0.5, 0.6) is 5.75 Å². The molecule has 3 aromatic rings. The molecular weight excluding hydrogens is 490 g/mol. The minimum absolute atomic E-state index is 0.0208. The average molecular weight is 518 g/mol. The molecule has 2 saturated heterocycles. The summed E-state index contributed by atoms with van der Waals surface area (Å²) in [6.07, 6.45) is 3.36. The predicted molar refractivity (Wildman–Crippen MR) is 139 cm³/mol. The number of para-hydroxylation sites is 1. The first kappa shape index (κ1) is 25.0. The third-order valence-corrected chi connectivity index (χ3v) is 6.43. The Morgan fingerprint density at radius 3 is 2.53 bits per heavy atom. The van der Waals surface area contributed by atoms with Crippen LogP contribution in [0.2, 0.25) is 0 Å². The van der Waals surface area contributed by atoms with Crippen molar-refractivity contribution in [3.05, 3.63) is 66.0 Å². The van der Waals surface area contributed by atoms with E-state index in [-0.39, 0.29) is 18.1 Å². The van der Waals surface area contributed by atoms with Crippen molar-refractivity contribution in [2.45, 2.75) is 6.54 Å². The molecule has 196 valence electrons. The number of benzene rings is 2. The van der Waals surface area contributed by atoms with Crippen LogP contribution in [0, 0.1) is 0 Å². The van der Waals surface area contributed by atoms with Crippen molar-refractivity contribution in [1.29, 1.82) is 0 Å². The molecule has 0 atom stereocenters. The van der Waals surface area contributed by atoms with E-state index >= 15 is 0 Å². The number of morpholine rings is 1. The van der Waals surface area contributed by atoms with E-state index in [0.717, 1.165) is 15.8 Å². The molecule has 1 aromatic heterocycles. The summed E-state index contributed by atoms with van der Waals surface area (Å²) in [6.45, 7) is 1.85. The Balaban J connectivity index is 1.31. The number of urea groups is 1. The van der Waals surface area contributed by atoms with Crippen LogP contribution in [-0.4, -0.2) is 78.1 Å². The first-order valence-electron chi connectivity index (χ1n) is 12.1. The van der Waals surface area contributed by atoms with Crippen LogP contribution in [0.3, 0.4) is 0 Å². The predicted octanol–water partition coefficient (Wildman–Crippen LogP) is 2.04. The average Bonchev–Trinajstić information content (AvgIpc) is 3.41. The molecule has 11 heteroatoms. The maximum absolute atomic E-state index is 13.0. The zero-order chi connectivity index (χ0) is 26.6. The molecule has 2 aliphatic rings. The molecule has 38 heavy (non-hydrogen) atoms. The molecule has 0 bridgehead atoms. The van der Waals surface area contributed by atoms with Crippen molar-refractivity contribution in [2.75, 3.05) is 45.3 Å². The molecule has 0 radical (unpaired) electrons. The van der Waals surface area contributed by atoms with Crippen LogP contribution in [0.1, 0.15) is 5.56 Å². The summed E-state index contributed by atoms with van der Waals surface area (Å²) < 4.78 is 12.3. The SMILES string of the molecule is COc1ccc(NC(=O)CN2C(=O)N/C(=C\c3cn(CC(=O)N4CCOCC4)c4ccccc34)C2=O)cc1. The number of methoxy groups -OCH3 is 1. The summed E-state index contributed by atoms with van der Waals surface area (Å²) in [5, 5.41) is 6.05. The molecule has 0 unspecified atom stereocenters. The zero-order valence-electron chi connectivity index (χ0n) is 20.8. The third kappa shape index (κ3) is 5.23. The number of hydrogen-bond donors (Lipinski definition) is 2. The number of carbonyl (C=O) groups is 4. The van der Waals surface area contributed by atoms with Crippen molar-refractivity contribution in [1.82, 2.24) is 19.7 Å². The molecule has 11 nitrogen and oxygen atoms in total. The van der Waals surface area contributed by atoms with Gasteiger partial charge >= 0.3 is 6.03 Å². The van der Waals surface area contributed by atoms with Gasteiger partial charge in [-0.25, -0.2) is 9.69 Å². The largest absolute Gasteiger partial charge is 0.497 e. The molecule has 0 spiro atoms. The Labute approximate surface area is 218 Å². The number of aromatic nitrogens is 1. The van der Waals surface area contributed by atoms with Crippen LogP contribution >= 0.6 is 0 Å². The Hall–Kier alpha value is -4.64. The zero-order valence-corrected chi connectivity index (χ0v) is 20.8. The topological polar surface area (TPSA) is 122 Å². The standard InChI is InChI=1S/C27H27N5O6/c1-37-20-8-6-19(7-9-20)28-24(33)16-32-26(35)22(29-27(32)36)14-18-15-31(23-5-3-2-4-21(18)23)17-25(34)30-10-12-38-13-11-30/h2-9,14-15H,10-13,16-17H2,1H3,(H,28,33)(H,29,36)/b22-14-. The molecule has 2 N–H and O–H groups in total. The van der Waals surface area contributed by atoms with Gasteiger partial charge in [-0.3, -0.25) is 14.4 Å². The highest BCUT2D eigenvalue weighted by atomic mass is 16.5. The smallest absolute Gasteiger partial charge is 0.329 e. The van der Waals surface area contributed by atoms with E-state index in [0.29, 0.717) is 43.3 Å². The fourth-order valence-electron chi connectivity index (χ4n) is 4.47. The second-order valence-corrected chi connectivity index (χ2v) is 8.88. The molecule has 5 rings (SSSR count). The van der Waals surface area contributed by atoms with Crippen molar-refractivity contribution < 1.29 is 28.7 Å². The summed E-state index contributed by atoms with van der Waals surface area (Å²) in [6, 6.07) is 13.5. The lowest BCUT2D eigenvalue weighted by Gasteiger charge is -2.27. The molecule has 2 fully saturated rings. The molecule has 2 aliphatic heterocycles. The number of hydrogen-bond acceptors (Lipinski definition) is 6. The number of amides is 5. The summed E-state index contributed by atoms with van der Waals surface area (Å²) in [7, 11) is 1.54. The second kappa shape index (κ2) is 10.8. The first-order chi connectivity index (χ1) is 18.4. The summed E-state index contributed by atoms with van der Waals surface area (Å²) in [5.41, 5.74) is 2.06. The van der Waals surface area contributed by atoms with Crippen LogP contribution in [0.25, 0.3) is 17.0 Å². The summed E-state index contributed by atoms with van der Waals surface area (Å²) in [5.74, 6) is -0.509. The Morgan fingerprint density at radius 2 is 1.79 bits per heavy atom. The number of anilines is 1. The van der Waals surface area contributed by atoms with Crippen molar-refractivity contribution in [2.24, 2.45) is 0 Å². The minimum atomic E-state index is -0.683. The van der Waals surface area contributed by atoms with Gasteiger partial charge in [0.15, 0.2) is 0 Å². The number of nitrogens with zero attached hydrogens (tertiary/aromatic N) is 3. The van der Waals surface area contributed by atoms with E-state index < -0.39 is 24.4 Å². The lowest BCUT2D eigenvalue weighted by atomic mass is 10.1. The number of imide groups is 1. The molecule has 5 amide bonds. The van der Waals surface area contributed by atoms with Crippen LogP contribution < -0.4 is 15.4 Å². The maximum atomic E-state index is 13.0. The molecule has 2 aromatic carbocycles. The Morgan fingerprint density at radius 1 is 1.05 bits per heavy atom. The van der Waals surface area contributed by atoms with Gasteiger partial charge in [0, 0.05) is 41.4 Å². The van der Waals surface area contributed by atoms with Crippen molar-refractivity contribution in [3.63, 3.8) is 0 Å². The highest BCUT2D eigenvalue weighted by Gasteiger charge is 2.35. The van der Waals surface area contributed by atoms with Gasteiger partial charge in [-0.05, 0) is 36.4 Å². The highest BCUT2D eigenvalue weighted by Crippen LogP contribution is 2.25. The van der Waals surface area contributed by atoms with Gasteiger partial charge in [-0.2, -0.15) is 0 Å². The number of fused-ring (bicyclic) bond motifs is 1. The lowest BCUT2D eigenvalue weighted by Crippen LogP contribution is -2.42. The highest BCUT2D eigenvalue weighted by molar-refractivity contribution is 6.16. The van der Waals surface area contributed by atoms with E-state index in [2.05, 4.69) is 10.6 Å². The number of ether oxygens (including phenoxy) is 2. The van der Waals surface area contributed by atoms with E-state index in [4.69, 9.17) is 9.47 Å². The fourth-order valence-corrected chi connectivity index (χ4v) is 4.47. The van der Waals surface area contributed by atoms with Gasteiger partial charge in [0.25, 0.3) is 5.91 Å². The number of carbonyl (C=O) groups excluding carboxylic acids is 4. The molecule has 0 aliphatic carbocycles. The summed E-state index contributed by atoms with van der Waals surface area (Å²) >= 11 is 0. The molecular formula is C27H27N5O6. The quantitative estimate of drug-likeness (QED) is 0.365. The van der Waals surface area contributed by atoms with E-state index in [1.54, 1.807) is 48.5 Å². The number of rotatable bonds is 7. The molecule has 0 saturated carbocycles. The van der Waals surface area contributed by atoms with Gasteiger partial charge in [0.2, 0.25) is 11.8 Å². The van der Waals surface area contributed by atoms with Gasteiger partial charge in [-0.15, -0.1) is 0 Å². The second-order valence-electron chi connectivity index (χ2n) is 8.88. The number of nitrogens with one attached hydrogen (secondary N) is 2. The van der Waals surface area contributed by atoms with Crippen LogP contribution in [0.15, 0.2) is 60.4 Å². The minimum Gasteiger partial charge on any atom is -0.497 e. The van der Waals surface area contributed by atoms with Gasteiger partial charge < -0.3 is 29.6 Å². The summed E-state index contributed by atoms with van der Waals surface area (Å²) in [4.78, 5) is 53.5. The maximum Gasteiger partial charge on any atom is 0.329 e. The van der Waals surface area contributed by atoms with E-state index in [9.17, 15) is 19.2 Å². The monoisotopic (exact) mass is 517 g/mol. The first-order valence-corrected chi connectivity index (χ1v) is 12.1. The molecule has 3 heterocycles. The Kier molecular flexibility index (Phi) is 7.09. The normalized spacial score (nSPS) is 16.7. The lowest BCUT2D eigenvalue weighted by molar-refractivity contribution is -0.135. The van der Waals surface area contributed by atoms with Gasteiger partial charge in [0.1, 0.15) is 24.5 Å². The van der Waals surface area contributed by atoms with Crippen molar-refractivity contribution in [3.8, 4) is 5.75 Å².